The Balaban J connectivity index is 0.00000552. The first-order chi connectivity index (χ1) is 20.8. The normalized spacial score (nSPS) is 25.1. The topological polar surface area (TPSA) is 190 Å². The molecule has 1 aromatic heterocycles. The van der Waals surface area contributed by atoms with Crippen LogP contribution in [0.1, 0.15) is 58.9 Å². The maximum Gasteiger partial charge on any atom is 0.305 e. The average Bonchev–Trinajstić information content (AvgIpc) is 3.61. The molecule has 3 heterocycles. The van der Waals surface area contributed by atoms with Crippen LogP contribution in [-0.4, -0.2) is 117 Å². The molecular formula is C31H42N6NaO7. The van der Waals surface area contributed by atoms with Gasteiger partial charge in [-0.3, -0.25) is 28.8 Å². The number of carbonyl (C=O) groups is 6. The molecule has 2 saturated heterocycles. The van der Waals surface area contributed by atoms with Crippen LogP contribution in [0.15, 0.2) is 30.5 Å². The monoisotopic (exact) mass is 633 g/mol. The van der Waals surface area contributed by atoms with Crippen molar-refractivity contribution in [2.45, 2.75) is 90.0 Å². The van der Waals surface area contributed by atoms with Crippen molar-refractivity contribution in [3.05, 3.63) is 36.0 Å². The molecule has 5 atom stereocenters. The number of nitrogens with zero attached hydrogens (tertiary/aromatic N) is 1. The van der Waals surface area contributed by atoms with Crippen molar-refractivity contribution in [2.24, 2.45) is 11.8 Å². The first-order valence-corrected chi connectivity index (χ1v) is 15.1. The number of carbonyl (C=O) groups excluding carboxylic acids is 5. The SMILES string of the molecule is CC(C)C[C@@H]1NC(=O)[C@@H](C(C)C)NC(=O)[C@@H]2CCCN2C(=O)[C@@H](CC(=O)O)NC(=O)[C@@H](Cc2c[nH]c3ccccc23)NC1=O.[Na]. The van der Waals surface area contributed by atoms with Gasteiger partial charge in [-0.15, -0.1) is 0 Å². The largest absolute Gasteiger partial charge is 0.481 e. The van der Waals surface area contributed by atoms with E-state index in [1.807, 2.05) is 38.1 Å². The van der Waals surface area contributed by atoms with Crippen molar-refractivity contribution in [3.63, 3.8) is 0 Å². The van der Waals surface area contributed by atoms with E-state index in [-0.39, 0.29) is 60.8 Å². The van der Waals surface area contributed by atoms with Gasteiger partial charge in [-0.05, 0) is 42.7 Å². The van der Waals surface area contributed by atoms with Crippen LogP contribution in [0.2, 0.25) is 0 Å². The summed E-state index contributed by atoms with van der Waals surface area (Å²) in [4.78, 5) is 84.4. The summed E-state index contributed by atoms with van der Waals surface area (Å²) in [5.74, 6) is -4.86. The number of hydrogen-bond acceptors (Lipinski definition) is 6. The summed E-state index contributed by atoms with van der Waals surface area (Å²) in [6.45, 7) is 7.49. The molecule has 1 aromatic carbocycles. The molecular weight excluding hydrogens is 591 g/mol. The second-order valence-corrected chi connectivity index (χ2v) is 12.4. The molecule has 4 rings (SSSR count). The number of carboxylic acids is 1. The standard InChI is InChI=1S/C31H42N6O7.Na/c1-16(2)12-21-27(40)33-22(13-18-15-32-20-9-6-5-8-19(18)20)28(41)35-23(14-25(38)39)31(44)37-11-7-10-24(37)29(42)36-26(17(3)4)30(43)34-21;/h5-6,8-9,15-17,21-24,26,32H,7,10-14H2,1-4H3,(H,33,40)(H,34,43)(H,35,41)(H,36,42)(H,38,39);/t21-,22+,23+,24-,26+;/m0./s1. The van der Waals surface area contributed by atoms with Gasteiger partial charge in [0.25, 0.3) is 0 Å². The fourth-order valence-electron chi connectivity index (χ4n) is 5.90. The smallest absolute Gasteiger partial charge is 0.305 e. The van der Waals surface area contributed by atoms with Crippen molar-refractivity contribution in [1.29, 1.82) is 0 Å². The zero-order chi connectivity index (χ0) is 32.1. The summed E-state index contributed by atoms with van der Waals surface area (Å²) in [7, 11) is 0. The number of rotatable bonds is 7. The Morgan fingerprint density at radius 1 is 0.889 bits per heavy atom. The molecule has 6 N–H and O–H groups in total. The Morgan fingerprint density at radius 3 is 2.20 bits per heavy atom. The predicted octanol–water partition coefficient (Wildman–Crippen LogP) is 0.450. The Hall–Kier alpha value is -3.42. The van der Waals surface area contributed by atoms with Gasteiger partial charge in [0, 0.05) is 59.6 Å². The van der Waals surface area contributed by atoms with Crippen LogP contribution in [-0.2, 0) is 35.2 Å². The number of hydrogen-bond donors (Lipinski definition) is 6. The minimum atomic E-state index is -1.48. The van der Waals surface area contributed by atoms with E-state index in [0.717, 1.165) is 16.5 Å². The van der Waals surface area contributed by atoms with E-state index in [2.05, 4.69) is 26.3 Å². The zero-order valence-electron chi connectivity index (χ0n) is 26.5. The Kier molecular flexibility index (Phi) is 12.6. The van der Waals surface area contributed by atoms with Gasteiger partial charge in [-0.25, -0.2) is 0 Å². The number of para-hydroxylation sites is 1. The molecule has 5 amide bonds. The van der Waals surface area contributed by atoms with Crippen LogP contribution >= 0.6 is 0 Å². The van der Waals surface area contributed by atoms with Gasteiger partial charge < -0.3 is 36.3 Å². The van der Waals surface area contributed by atoms with E-state index in [1.54, 1.807) is 20.0 Å². The number of amides is 5. The van der Waals surface area contributed by atoms with Crippen molar-refractivity contribution < 1.29 is 33.9 Å². The molecule has 2 fully saturated rings. The first kappa shape index (κ1) is 36.1. The molecule has 2 aliphatic rings. The molecule has 2 aliphatic heterocycles. The quantitative estimate of drug-likeness (QED) is 0.239. The molecule has 239 valence electrons. The van der Waals surface area contributed by atoms with Gasteiger partial charge in [0.1, 0.15) is 30.2 Å². The van der Waals surface area contributed by atoms with Crippen LogP contribution < -0.4 is 21.3 Å². The summed E-state index contributed by atoms with van der Waals surface area (Å²) < 4.78 is 0. The summed E-state index contributed by atoms with van der Waals surface area (Å²) in [6, 6.07) is 1.79. The third-order valence-electron chi connectivity index (χ3n) is 8.15. The van der Waals surface area contributed by atoms with E-state index in [9.17, 15) is 33.9 Å². The number of aromatic amines is 1. The molecule has 0 unspecified atom stereocenters. The fourth-order valence-corrected chi connectivity index (χ4v) is 5.90. The number of benzene rings is 1. The summed E-state index contributed by atoms with van der Waals surface area (Å²) >= 11 is 0. The van der Waals surface area contributed by atoms with E-state index in [1.165, 1.54) is 4.90 Å². The summed E-state index contributed by atoms with van der Waals surface area (Å²) in [6.07, 6.45) is 2.11. The number of H-pyrrole nitrogens is 1. The third kappa shape index (κ3) is 8.86. The fraction of sp³-hybridized carbons (Fsp3) is 0.548. The number of aromatic nitrogens is 1. The second kappa shape index (κ2) is 15.7. The molecule has 1 radical (unpaired) electrons. The number of nitrogens with one attached hydrogen (secondary N) is 5. The first-order valence-electron chi connectivity index (χ1n) is 15.1. The molecule has 13 nitrogen and oxygen atoms in total. The Labute approximate surface area is 284 Å². The van der Waals surface area contributed by atoms with Crippen LogP contribution in [0.3, 0.4) is 0 Å². The van der Waals surface area contributed by atoms with E-state index < -0.39 is 72.1 Å². The summed E-state index contributed by atoms with van der Waals surface area (Å²) in [5.41, 5.74) is 1.55. The number of aliphatic carboxylic acids is 1. The molecule has 0 bridgehead atoms. The van der Waals surface area contributed by atoms with Gasteiger partial charge in [0.15, 0.2) is 0 Å². The van der Waals surface area contributed by atoms with Crippen LogP contribution in [0, 0.1) is 11.8 Å². The van der Waals surface area contributed by atoms with Crippen LogP contribution in [0.25, 0.3) is 10.9 Å². The van der Waals surface area contributed by atoms with Crippen molar-refractivity contribution in [1.82, 2.24) is 31.2 Å². The van der Waals surface area contributed by atoms with Gasteiger partial charge in [-0.1, -0.05) is 45.9 Å². The van der Waals surface area contributed by atoms with Crippen LogP contribution in [0.5, 0.6) is 0 Å². The Bertz CT molecular complexity index is 1430. The Morgan fingerprint density at radius 2 is 1.53 bits per heavy atom. The van der Waals surface area contributed by atoms with Crippen molar-refractivity contribution in [3.8, 4) is 0 Å². The van der Waals surface area contributed by atoms with E-state index >= 15 is 0 Å². The van der Waals surface area contributed by atoms with Crippen molar-refractivity contribution in [2.75, 3.05) is 6.54 Å². The van der Waals surface area contributed by atoms with E-state index in [0.29, 0.717) is 12.8 Å². The average molecular weight is 634 g/mol. The minimum absolute atomic E-state index is 0. The molecule has 0 aliphatic carbocycles. The maximum atomic E-state index is 13.8. The van der Waals surface area contributed by atoms with Gasteiger partial charge in [0.05, 0.1) is 6.42 Å². The van der Waals surface area contributed by atoms with Gasteiger partial charge >= 0.3 is 5.97 Å². The zero-order valence-corrected chi connectivity index (χ0v) is 28.5. The second-order valence-electron chi connectivity index (χ2n) is 12.4. The molecule has 0 spiro atoms. The minimum Gasteiger partial charge on any atom is -0.481 e. The maximum absolute atomic E-state index is 13.8. The van der Waals surface area contributed by atoms with Crippen LogP contribution in [0.4, 0.5) is 0 Å². The summed E-state index contributed by atoms with van der Waals surface area (Å²) in [5, 5.41) is 21.3. The number of carboxylic acid groups (broad SMARTS) is 1. The predicted molar refractivity (Wildman–Crippen MR) is 167 cm³/mol. The molecule has 45 heavy (non-hydrogen) atoms. The molecule has 0 saturated carbocycles. The van der Waals surface area contributed by atoms with Gasteiger partial charge in [0.2, 0.25) is 29.5 Å². The molecule has 2 aromatic rings. The van der Waals surface area contributed by atoms with Gasteiger partial charge in [-0.2, -0.15) is 0 Å². The van der Waals surface area contributed by atoms with E-state index in [4.69, 9.17) is 0 Å². The number of fused-ring (bicyclic) bond motifs is 2. The third-order valence-corrected chi connectivity index (χ3v) is 8.15. The van der Waals surface area contributed by atoms with Crippen molar-refractivity contribution >= 4 is 76.0 Å². The molecule has 14 heteroatoms.